The second-order valence-corrected chi connectivity index (χ2v) is 8.00. The van der Waals surface area contributed by atoms with Crippen LogP contribution in [0.3, 0.4) is 0 Å². The lowest BCUT2D eigenvalue weighted by Gasteiger charge is -2.47. The monoisotopic (exact) mass is 306 g/mol. The third kappa shape index (κ3) is 4.15. The van der Waals surface area contributed by atoms with E-state index in [0.29, 0.717) is 12.3 Å². The third-order valence-electron chi connectivity index (χ3n) is 5.31. The number of nitriles is 1. The van der Waals surface area contributed by atoms with Crippen LogP contribution in [0.4, 0.5) is 4.79 Å². The second kappa shape index (κ2) is 6.89. The maximum atomic E-state index is 12.2. The quantitative estimate of drug-likeness (QED) is 0.755. The smallest absolute Gasteiger partial charge is 0.410 e. The van der Waals surface area contributed by atoms with Crippen LogP contribution in [0.5, 0.6) is 0 Å². The van der Waals surface area contributed by atoms with Crippen molar-refractivity contribution in [3.8, 4) is 6.07 Å². The SMILES string of the molecule is CC(C)(C)OC(=O)N1CCC(CC#N)(C2CCCCC2)CC1. The first-order valence-electron chi connectivity index (χ1n) is 8.71. The van der Waals surface area contributed by atoms with Gasteiger partial charge in [-0.1, -0.05) is 19.3 Å². The number of hydrogen-bond donors (Lipinski definition) is 0. The van der Waals surface area contributed by atoms with E-state index in [2.05, 4.69) is 6.07 Å². The molecule has 0 radical (unpaired) electrons. The number of amides is 1. The standard InChI is InChI=1S/C18H30N2O2/c1-17(2,3)22-16(21)20-13-10-18(9-12-19,11-14-20)15-7-5-4-6-8-15/h15H,4-11,13-14H2,1-3H3. The van der Waals surface area contributed by atoms with Crippen LogP contribution in [0.15, 0.2) is 0 Å². The lowest BCUT2D eigenvalue weighted by atomic mass is 9.62. The van der Waals surface area contributed by atoms with Crippen LogP contribution in [0, 0.1) is 22.7 Å². The van der Waals surface area contributed by atoms with Crippen molar-refractivity contribution in [3.63, 3.8) is 0 Å². The van der Waals surface area contributed by atoms with E-state index in [4.69, 9.17) is 4.74 Å². The average Bonchev–Trinajstić information content (AvgIpc) is 2.47. The summed E-state index contributed by atoms with van der Waals surface area (Å²) in [5.41, 5.74) is -0.310. The van der Waals surface area contributed by atoms with Gasteiger partial charge in [0.15, 0.2) is 0 Å². The molecule has 2 fully saturated rings. The molecule has 22 heavy (non-hydrogen) atoms. The summed E-state index contributed by atoms with van der Waals surface area (Å²) in [6.07, 6.45) is 8.78. The fourth-order valence-electron chi connectivity index (χ4n) is 4.06. The first-order valence-corrected chi connectivity index (χ1v) is 8.71. The highest BCUT2D eigenvalue weighted by molar-refractivity contribution is 5.68. The van der Waals surface area contributed by atoms with Crippen molar-refractivity contribution in [1.82, 2.24) is 4.90 Å². The first kappa shape index (κ1) is 17.1. The molecule has 4 heteroatoms. The highest BCUT2D eigenvalue weighted by atomic mass is 16.6. The van der Waals surface area contributed by atoms with Gasteiger partial charge in [0.2, 0.25) is 0 Å². The van der Waals surface area contributed by atoms with Gasteiger partial charge in [-0.2, -0.15) is 5.26 Å². The minimum Gasteiger partial charge on any atom is -0.444 e. The molecule has 2 rings (SSSR count). The van der Waals surface area contributed by atoms with Gasteiger partial charge < -0.3 is 9.64 Å². The molecule has 1 amide bonds. The van der Waals surface area contributed by atoms with Crippen LogP contribution in [0.2, 0.25) is 0 Å². The minimum absolute atomic E-state index is 0.133. The van der Waals surface area contributed by atoms with E-state index >= 15 is 0 Å². The molecule has 0 aromatic carbocycles. The number of piperidine rings is 1. The van der Waals surface area contributed by atoms with Gasteiger partial charge in [0.1, 0.15) is 5.60 Å². The van der Waals surface area contributed by atoms with Crippen LogP contribution < -0.4 is 0 Å². The summed E-state index contributed by atoms with van der Waals surface area (Å²) >= 11 is 0. The Bertz CT molecular complexity index is 419. The zero-order valence-electron chi connectivity index (χ0n) is 14.4. The van der Waals surface area contributed by atoms with E-state index < -0.39 is 5.60 Å². The van der Waals surface area contributed by atoms with E-state index in [1.807, 2.05) is 25.7 Å². The van der Waals surface area contributed by atoms with Crippen molar-refractivity contribution in [1.29, 1.82) is 5.26 Å². The zero-order chi connectivity index (χ0) is 16.2. The lowest BCUT2D eigenvalue weighted by molar-refractivity contribution is -0.00462. The second-order valence-electron chi connectivity index (χ2n) is 8.00. The van der Waals surface area contributed by atoms with Crippen molar-refractivity contribution in [2.45, 2.75) is 77.7 Å². The molecular weight excluding hydrogens is 276 g/mol. The van der Waals surface area contributed by atoms with Crippen molar-refractivity contribution >= 4 is 6.09 Å². The van der Waals surface area contributed by atoms with Crippen LogP contribution >= 0.6 is 0 Å². The van der Waals surface area contributed by atoms with E-state index in [1.165, 1.54) is 32.1 Å². The molecule has 0 N–H and O–H groups in total. The molecule has 1 aliphatic heterocycles. The normalized spacial score (nSPS) is 22.9. The Labute approximate surface area is 134 Å². The Morgan fingerprint density at radius 1 is 1.23 bits per heavy atom. The number of rotatable bonds is 2. The van der Waals surface area contributed by atoms with Crippen LogP contribution in [0.25, 0.3) is 0 Å². The van der Waals surface area contributed by atoms with Gasteiger partial charge >= 0.3 is 6.09 Å². The summed E-state index contributed by atoms with van der Waals surface area (Å²) in [5, 5.41) is 9.29. The van der Waals surface area contributed by atoms with Gasteiger partial charge in [0.05, 0.1) is 6.07 Å². The fraction of sp³-hybridized carbons (Fsp3) is 0.889. The first-order chi connectivity index (χ1) is 10.4. The highest BCUT2D eigenvalue weighted by Crippen LogP contribution is 2.48. The van der Waals surface area contributed by atoms with Gasteiger partial charge in [-0.25, -0.2) is 4.79 Å². The summed E-state index contributed by atoms with van der Waals surface area (Å²) in [6.45, 7) is 7.16. The van der Waals surface area contributed by atoms with Crippen LogP contribution in [0.1, 0.15) is 72.1 Å². The third-order valence-corrected chi connectivity index (χ3v) is 5.31. The predicted molar refractivity (Wildman–Crippen MR) is 86.3 cm³/mol. The van der Waals surface area contributed by atoms with Gasteiger partial charge in [-0.3, -0.25) is 0 Å². The summed E-state index contributed by atoms with van der Waals surface area (Å²) in [6, 6.07) is 2.42. The molecule has 4 nitrogen and oxygen atoms in total. The maximum absolute atomic E-state index is 12.2. The van der Waals surface area contributed by atoms with Crippen molar-refractivity contribution < 1.29 is 9.53 Å². The lowest BCUT2D eigenvalue weighted by Crippen LogP contribution is -2.47. The molecule has 2 aliphatic rings. The summed E-state index contributed by atoms with van der Waals surface area (Å²) in [7, 11) is 0. The Kier molecular flexibility index (Phi) is 5.36. The Morgan fingerprint density at radius 3 is 2.32 bits per heavy atom. The minimum atomic E-state index is -0.443. The summed E-state index contributed by atoms with van der Waals surface area (Å²) in [4.78, 5) is 14.0. The maximum Gasteiger partial charge on any atom is 0.410 e. The molecular formula is C18H30N2O2. The predicted octanol–water partition coefficient (Wildman–Crippen LogP) is 4.50. The number of nitrogens with zero attached hydrogens (tertiary/aromatic N) is 2. The number of likely N-dealkylation sites (tertiary alicyclic amines) is 1. The van der Waals surface area contributed by atoms with E-state index in [1.54, 1.807) is 0 Å². The number of ether oxygens (including phenoxy) is 1. The number of carbonyl (C=O) groups is 1. The van der Waals surface area contributed by atoms with E-state index in [-0.39, 0.29) is 11.5 Å². The Hall–Kier alpha value is -1.24. The average molecular weight is 306 g/mol. The van der Waals surface area contributed by atoms with Gasteiger partial charge in [0.25, 0.3) is 0 Å². The Morgan fingerprint density at radius 2 is 1.82 bits per heavy atom. The summed E-state index contributed by atoms with van der Waals surface area (Å²) in [5.74, 6) is 0.668. The molecule has 1 saturated heterocycles. The number of hydrogen-bond acceptors (Lipinski definition) is 3. The fourth-order valence-corrected chi connectivity index (χ4v) is 4.06. The van der Waals surface area contributed by atoms with Crippen molar-refractivity contribution in [2.24, 2.45) is 11.3 Å². The summed E-state index contributed by atoms with van der Waals surface area (Å²) < 4.78 is 5.47. The Balaban J connectivity index is 1.97. The molecule has 1 saturated carbocycles. The van der Waals surface area contributed by atoms with Crippen LogP contribution in [-0.2, 0) is 4.74 Å². The van der Waals surface area contributed by atoms with E-state index in [9.17, 15) is 10.1 Å². The molecule has 124 valence electrons. The van der Waals surface area contributed by atoms with Gasteiger partial charge in [-0.05, 0) is 57.8 Å². The van der Waals surface area contributed by atoms with Crippen LogP contribution in [-0.4, -0.2) is 29.7 Å². The van der Waals surface area contributed by atoms with Gasteiger partial charge in [-0.15, -0.1) is 0 Å². The molecule has 0 aromatic rings. The van der Waals surface area contributed by atoms with Crippen molar-refractivity contribution in [3.05, 3.63) is 0 Å². The highest BCUT2D eigenvalue weighted by Gasteiger charge is 2.42. The van der Waals surface area contributed by atoms with Gasteiger partial charge in [0, 0.05) is 19.5 Å². The molecule has 1 heterocycles. The molecule has 0 atom stereocenters. The topological polar surface area (TPSA) is 53.3 Å². The molecule has 0 spiro atoms. The molecule has 0 bridgehead atoms. The largest absolute Gasteiger partial charge is 0.444 e. The molecule has 0 aromatic heterocycles. The zero-order valence-corrected chi connectivity index (χ0v) is 14.4. The molecule has 0 unspecified atom stereocenters. The number of carbonyl (C=O) groups excluding carboxylic acids is 1. The molecule has 1 aliphatic carbocycles. The van der Waals surface area contributed by atoms with Crippen molar-refractivity contribution in [2.75, 3.05) is 13.1 Å². The van der Waals surface area contributed by atoms with E-state index in [0.717, 1.165) is 25.9 Å².